The predicted molar refractivity (Wildman–Crippen MR) is 97.8 cm³/mol. The van der Waals surface area contributed by atoms with Gasteiger partial charge in [-0.05, 0) is 49.1 Å². The highest BCUT2D eigenvalue weighted by atomic mass is 16.5. The third-order valence-electron chi connectivity index (χ3n) is 5.30. The topological polar surface area (TPSA) is 75.2 Å². The van der Waals surface area contributed by atoms with Gasteiger partial charge in [0.25, 0.3) is 0 Å². The van der Waals surface area contributed by atoms with Crippen molar-refractivity contribution in [2.24, 2.45) is 11.3 Å². The largest absolute Gasteiger partial charge is 0.461 e. The number of aryl methyl sites for hydroxylation is 1. The molecule has 0 aliphatic heterocycles. The van der Waals surface area contributed by atoms with Crippen LogP contribution in [0.15, 0.2) is 6.07 Å². The maximum absolute atomic E-state index is 12.3. The number of aliphatic hydroxyl groups excluding tert-OH is 1. The number of hydrogen-bond donors (Lipinski definition) is 2. The molecule has 0 amide bonds. The quantitative estimate of drug-likeness (QED) is 0.833. The molecule has 3 rings (SSSR count). The minimum absolute atomic E-state index is 0.0236. The lowest BCUT2D eigenvalue weighted by atomic mass is 9.71. The van der Waals surface area contributed by atoms with Crippen LogP contribution in [-0.4, -0.2) is 34.3 Å². The van der Waals surface area contributed by atoms with Crippen molar-refractivity contribution >= 4 is 17.0 Å². The average molecular weight is 344 g/mol. The lowest BCUT2D eigenvalue weighted by molar-refractivity contribution is 0.0519. The molecule has 25 heavy (non-hydrogen) atoms. The van der Waals surface area contributed by atoms with Gasteiger partial charge in [0, 0.05) is 24.3 Å². The molecule has 1 aliphatic rings. The number of fused-ring (bicyclic) bond motifs is 2. The molecule has 0 spiro atoms. The molecule has 5 nitrogen and oxygen atoms in total. The van der Waals surface area contributed by atoms with Gasteiger partial charge in [0.1, 0.15) is 5.69 Å². The highest BCUT2D eigenvalue weighted by Gasteiger charge is 2.30. The number of carbonyl (C=O) groups is 1. The number of ether oxygens (including phenoxy) is 1. The molecule has 2 N–H and O–H groups in total. The number of rotatable bonds is 4. The summed E-state index contributed by atoms with van der Waals surface area (Å²) >= 11 is 0. The smallest absolute Gasteiger partial charge is 0.355 e. The summed E-state index contributed by atoms with van der Waals surface area (Å²) in [5.41, 5.74) is 5.52. The molecule has 0 aromatic carbocycles. The summed E-state index contributed by atoms with van der Waals surface area (Å²) in [6.45, 7) is 8.97. The van der Waals surface area contributed by atoms with Crippen molar-refractivity contribution in [3.63, 3.8) is 0 Å². The van der Waals surface area contributed by atoms with E-state index in [1.54, 1.807) is 6.92 Å². The van der Waals surface area contributed by atoms with Crippen LogP contribution in [0.3, 0.4) is 0 Å². The molecular weight excluding hydrogens is 316 g/mol. The van der Waals surface area contributed by atoms with Crippen molar-refractivity contribution in [1.82, 2.24) is 9.97 Å². The number of esters is 1. The molecule has 1 aliphatic carbocycles. The van der Waals surface area contributed by atoms with Crippen molar-refractivity contribution in [3.05, 3.63) is 28.6 Å². The molecule has 0 bridgehead atoms. The Morgan fingerprint density at radius 2 is 2.20 bits per heavy atom. The zero-order valence-electron chi connectivity index (χ0n) is 15.6. The minimum atomic E-state index is -0.380. The van der Waals surface area contributed by atoms with Gasteiger partial charge >= 0.3 is 5.97 Å². The Morgan fingerprint density at radius 1 is 1.44 bits per heavy atom. The number of aromatic nitrogens is 2. The van der Waals surface area contributed by atoms with Crippen LogP contribution < -0.4 is 0 Å². The van der Waals surface area contributed by atoms with E-state index in [4.69, 9.17) is 9.72 Å². The predicted octanol–water partition coefficient (Wildman–Crippen LogP) is 3.43. The van der Waals surface area contributed by atoms with E-state index in [-0.39, 0.29) is 18.0 Å². The molecule has 1 unspecified atom stereocenters. The molecule has 5 heteroatoms. The van der Waals surface area contributed by atoms with E-state index in [1.807, 2.05) is 0 Å². The number of nitrogens with one attached hydrogen (secondary N) is 1. The summed E-state index contributed by atoms with van der Waals surface area (Å²) in [7, 11) is 0. The number of pyridine rings is 1. The Balaban J connectivity index is 2.06. The standard InChI is InChI=1S/C20H28N2O3/c1-5-25-19(24)18-14(8-9-23)17-16(22-18)11-12-10-13(20(2,3)4)6-7-15(12)21-17/h11,13,22-23H,5-10H2,1-4H3. The summed E-state index contributed by atoms with van der Waals surface area (Å²) in [5, 5.41) is 9.40. The number of aliphatic hydroxyl groups is 1. The molecule has 136 valence electrons. The molecule has 1 atom stereocenters. The van der Waals surface area contributed by atoms with Gasteiger partial charge in [0.05, 0.1) is 17.6 Å². The normalized spacial score (nSPS) is 17.6. The first kappa shape index (κ1) is 17.9. The highest BCUT2D eigenvalue weighted by Crippen LogP contribution is 2.38. The fraction of sp³-hybridized carbons (Fsp3) is 0.600. The number of carbonyl (C=O) groups excluding carboxylic acids is 1. The van der Waals surface area contributed by atoms with E-state index in [1.165, 1.54) is 5.56 Å². The summed E-state index contributed by atoms with van der Waals surface area (Å²) in [4.78, 5) is 20.3. The molecule has 2 aromatic heterocycles. The summed E-state index contributed by atoms with van der Waals surface area (Å²) in [6, 6.07) is 2.14. The summed E-state index contributed by atoms with van der Waals surface area (Å²) in [6.07, 6.45) is 3.51. The highest BCUT2D eigenvalue weighted by molar-refractivity contribution is 5.97. The Kier molecular flexibility index (Phi) is 4.87. The zero-order chi connectivity index (χ0) is 18.2. The molecular formula is C20H28N2O3. The van der Waals surface area contributed by atoms with E-state index in [0.717, 1.165) is 41.6 Å². The van der Waals surface area contributed by atoms with Crippen LogP contribution in [0.5, 0.6) is 0 Å². The first-order chi connectivity index (χ1) is 11.8. The van der Waals surface area contributed by atoms with E-state index >= 15 is 0 Å². The fourth-order valence-electron chi connectivity index (χ4n) is 3.79. The van der Waals surface area contributed by atoms with Crippen molar-refractivity contribution in [3.8, 4) is 0 Å². The van der Waals surface area contributed by atoms with Gasteiger partial charge in [-0.3, -0.25) is 4.98 Å². The maximum Gasteiger partial charge on any atom is 0.355 e. The van der Waals surface area contributed by atoms with Crippen LogP contribution >= 0.6 is 0 Å². The zero-order valence-corrected chi connectivity index (χ0v) is 15.6. The second-order valence-corrected chi connectivity index (χ2v) is 7.97. The van der Waals surface area contributed by atoms with Crippen LogP contribution in [0.1, 0.15) is 61.4 Å². The first-order valence-electron chi connectivity index (χ1n) is 9.16. The molecule has 0 saturated carbocycles. The van der Waals surface area contributed by atoms with Gasteiger partial charge in [0.2, 0.25) is 0 Å². The second-order valence-electron chi connectivity index (χ2n) is 7.97. The lowest BCUT2D eigenvalue weighted by Crippen LogP contribution is -2.27. The number of H-pyrrole nitrogens is 1. The number of aromatic amines is 1. The average Bonchev–Trinajstić information content (AvgIpc) is 2.90. The minimum Gasteiger partial charge on any atom is -0.461 e. The molecule has 0 saturated heterocycles. The van der Waals surface area contributed by atoms with Gasteiger partial charge in [0.15, 0.2) is 0 Å². The summed E-state index contributed by atoms with van der Waals surface area (Å²) in [5.74, 6) is 0.255. The van der Waals surface area contributed by atoms with E-state index in [2.05, 4.69) is 31.8 Å². The lowest BCUT2D eigenvalue weighted by Gasteiger charge is -2.34. The molecule has 2 heterocycles. The van der Waals surface area contributed by atoms with Crippen molar-refractivity contribution in [2.45, 2.75) is 53.4 Å². The van der Waals surface area contributed by atoms with Gasteiger partial charge in [-0.15, -0.1) is 0 Å². The molecule has 0 fully saturated rings. The van der Waals surface area contributed by atoms with Crippen LogP contribution in [-0.2, 0) is 24.0 Å². The Morgan fingerprint density at radius 3 is 2.84 bits per heavy atom. The van der Waals surface area contributed by atoms with E-state index < -0.39 is 0 Å². The number of hydrogen-bond acceptors (Lipinski definition) is 4. The van der Waals surface area contributed by atoms with Crippen LogP contribution in [0.4, 0.5) is 0 Å². The van der Waals surface area contributed by atoms with Crippen LogP contribution in [0.25, 0.3) is 11.0 Å². The monoisotopic (exact) mass is 344 g/mol. The van der Waals surface area contributed by atoms with Gasteiger partial charge in [-0.1, -0.05) is 20.8 Å². The molecule has 0 radical (unpaired) electrons. The van der Waals surface area contributed by atoms with E-state index in [9.17, 15) is 9.90 Å². The van der Waals surface area contributed by atoms with Gasteiger partial charge in [-0.2, -0.15) is 0 Å². The number of nitrogens with zero attached hydrogens (tertiary/aromatic N) is 1. The summed E-state index contributed by atoms with van der Waals surface area (Å²) < 4.78 is 5.15. The van der Waals surface area contributed by atoms with Crippen molar-refractivity contribution < 1.29 is 14.6 Å². The van der Waals surface area contributed by atoms with Gasteiger partial charge < -0.3 is 14.8 Å². The van der Waals surface area contributed by atoms with Crippen molar-refractivity contribution in [1.29, 1.82) is 0 Å². The van der Waals surface area contributed by atoms with Crippen LogP contribution in [0.2, 0.25) is 0 Å². The fourth-order valence-corrected chi connectivity index (χ4v) is 3.79. The maximum atomic E-state index is 12.3. The van der Waals surface area contributed by atoms with Crippen molar-refractivity contribution in [2.75, 3.05) is 13.2 Å². The Labute approximate surface area is 148 Å². The first-order valence-corrected chi connectivity index (χ1v) is 9.16. The van der Waals surface area contributed by atoms with E-state index in [0.29, 0.717) is 24.6 Å². The van der Waals surface area contributed by atoms with Gasteiger partial charge in [-0.25, -0.2) is 4.79 Å². The SMILES string of the molecule is CCOC(=O)c1[nH]c2cc3c(nc2c1CCO)CCC(C(C)(C)C)C3. The molecule has 2 aromatic rings. The third kappa shape index (κ3) is 3.43. The van der Waals surface area contributed by atoms with Crippen LogP contribution in [0, 0.1) is 11.3 Å². The Bertz CT molecular complexity index is 786. The Hall–Kier alpha value is -1.88. The third-order valence-corrected chi connectivity index (χ3v) is 5.30. The second kappa shape index (κ2) is 6.79.